The first-order valence-corrected chi connectivity index (χ1v) is 12.1. The molecule has 9 heteroatoms. The molecule has 3 aromatic rings. The highest BCUT2D eigenvalue weighted by Crippen LogP contribution is 2.41. The van der Waals surface area contributed by atoms with E-state index in [1.54, 1.807) is 61.6 Å². The molecule has 1 amide bonds. The molecule has 0 bridgehead atoms. The lowest BCUT2D eigenvalue weighted by Gasteiger charge is -2.33. The predicted molar refractivity (Wildman–Crippen MR) is 130 cm³/mol. The number of halogens is 1. The normalized spacial score (nSPS) is 14.4. The molecule has 1 aliphatic heterocycles. The van der Waals surface area contributed by atoms with E-state index in [0.29, 0.717) is 21.8 Å². The summed E-state index contributed by atoms with van der Waals surface area (Å²) in [7, 11) is -1.58. The molecule has 34 heavy (non-hydrogen) atoms. The Balaban J connectivity index is 1.94. The van der Waals surface area contributed by atoms with Gasteiger partial charge in [-0.05, 0) is 35.9 Å². The van der Waals surface area contributed by atoms with Gasteiger partial charge in [0, 0.05) is 28.9 Å². The number of sulfonamides is 1. The number of ether oxygens (including phenoxy) is 1. The second kappa shape index (κ2) is 9.32. The Kier molecular flexibility index (Phi) is 6.45. The Hall–Kier alpha value is -3.62. The second-order valence-electron chi connectivity index (χ2n) is 7.52. The van der Waals surface area contributed by atoms with Gasteiger partial charge in [-0.3, -0.25) is 4.79 Å². The molecule has 0 saturated carbocycles. The number of benzene rings is 3. The topological polar surface area (TPSA) is 84.0 Å². The van der Waals surface area contributed by atoms with Crippen LogP contribution in [0.4, 0.5) is 5.69 Å². The number of para-hydroxylation sites is 1. The largest absolute Gasteiger partial charge is 0.464 e. The minimum Gasteiger partial charge on any atom is -0.464 e. The fourth-order valence-corrected chi connectivity index (χ4v) is 5.57. The lowest BCUT2D eigenvalue weighted by Crippen LogP contribution is -2.45. The predicted octanol–water partition coefficient (Wildman–Crippen LogP) is 3.94. The van der Waals surface area contributed by atoms with E-state index in [2.05, 4.69) is 0 Å². The van der Waals surface area contributed by atoms with Crippen LogP contribution >= 0.6 is 11.6 Å². The summed E-state index contributed by atoms with van der Waals surface area (Å²) in [6.07, 6.45) is 0. The standard InChI is InChI=1S/C25H21ClN2O5S/c1-27(19-11-7-4-8-12-19)22(29)16-28-24(25(30)33-2)23(17-9-5-3-6-10-17)20-15-18(26)13-14-21(20)34(28,31)32/h3-15H,16H2,1-2H3. The third kappa shape index (κ3) is 4.18. The number of fused-ring (bicyclic) bond motifs is 1. The van der Waals surface area contributed by atoms with Crippen molar-refractivity contribution in [1.82, 2.24) is 4.31 Å². The number of hydrogen-bond donors (Lipinski definition) is 0. The van der Waals surface area contributed by atoms with Crippen molar-refractivity contribution in [2.24, 2.45) is 0 Å². The molecule has 0 spiro atoms. The quantitative estimate of drug-likeness (QED) is 0.499. The number of esters is 1. The van der Waals surface area contributed by atoms with E-state index in [1.807, 2.05) is 6.07 Å². The third-order valence-electron chi connectivity index (χ3n) is 5.50. The summed E-state index contributed by atoms with van der Waals surface area (Å²) >= 11 is 6.21. The highest BCUT2D eigenvalue weighted by molar-refractivity contribution is 7.89. The Bertz CT molecular complexity index is 1390. The molecule has 174 valence electrons. The molecule has 0 N–H and O–H groups in total. The van der Waals surface area contributed by atoms with Crippen molar-refractivity contribution >= 4 is 44.8 Å². The lowest BCUT2D eigenvalue weighted by atomic mass is 9.95. The number of amides is 1. The Labute approximate surface area is 202 Å². The van der Waals surface area contributed by atoms with E-state index < -0.39 is 28.4 Å². The Morgan fingerprint density at radius 1 is 0.971 bits per heavy atom. The van der Waals surface area contributed by atoms with Gasteiger partial charge in [0.1, 0.15) is 12.2 Å². The molecule has 0 radical (unpaired) electrons. The molecule has 0 unspecified atom stereocenters. The molecule has 0 atom stereocenters. The van der Waals surface area contributed by atoms with Crippen LogP contribution in [0.2, 0.25) is 5.02 Å². The van der Waals surface area contributed by atoms with Gasteiger partial charge in [0.05, 0.1) is 12.0 Å². The molecular formula is C25H21ClN2O5S. The molecule has 0 aromatic heterocycles. The number of hydrogen-bond acceptors (Lipinski definition) is 5. The van der Waals surface area contributed by atoms with Crippen molar-refractivity contribution in [3.05, 3.63) is 101 Å². The van der Waals surface area contributed by atoms with E-state index in [4.69, 9.17) is 16.3 Å². The van der Waals surface area contributed by atoms with E-state index in [9.17, 15) is 18.0 Å². The van der Waals surface area contributed by atoms with Crippen molar-refractivity contribution in [3.63, 3.8) is 0 Å². The third-order valence-corrected chi connectivity index (χ3v) is 7.54. The van der Waals surface area contributed by atoms with Crippen LogP contribution in [0, 0.1) is 0 Å². The van der Waals surface area contributed by atoms with Crippen LogP contribution in [-0.4, -0.2) is 45.3 Å². The molecule has 0 fully saturated rings. The summed E-state index contributed by atoms with van der Waals surface area (Å²) in [6.45, 7) is -0.601. The minimum absolute atomic E-state index is 0.0569. The van der Waals surface area contributed by atoms with Crippen LogP contribution in [0.25, 0.3) is 5.57 Å². The first-order valence-electron chi connectivity index (χ1n) is 10.3. The van der Waals surface area contributed by atoms with Crippen molar-refractivity contribution in [2.75, 3.05) is 25.6 Å². The molecular weight excluding hydrogens is 476 g/mol. The van der Waals surface area contributed by atoms with Crippen LogP contribution in [0.1, 0.15) is 11.1 Å². The van der Waals surface area contributed by atoms with E-state index in [1.165, 1.54) is 23.1 Å². The number of methoxy groups -OCH3 is 1. The van der Waals surface area contributed by atoms with Crippen molar-refractivity contribution in [1.29, 1.82) is 0 Å². The average molecular weight is 497 g/mol. The van der Waals surface area contributed by atoms with Crippen LogP contribution < -0.4 is 4.90 Å². The summed E-state index contributed by atoms with van der Waals surface area (Å²) in [6, 6.07) is 22.0. The zero-order valence-corrected chi connectivity index (χ0v) is 20.0. The Morgan fingerprint density at radius 2 is 1.59 bits per heavy atom. The SMILES string of the molecule is COC(=O)C1=C(c2ccccc2)c2cc(Cl)ccc2S(=O)(=O)N1CC(=O)N(C)c1ccccc1. The summed E-state index contributed by atoms with van der Waals surface area (Å²) in [5.41, 5.74) is 1.49. The van der Waals surface area contributed by atoms with Crippen molar-refractivity contribution < 1.29 is 22.7 Å². The van der Waals surface area contributed by atoms with Gasteiger partial charge in [-0.2, -0.15) is 0 Å². The summed E-state index contributed by atoms with van der Waals surface area (Å²) in [5, 5.41) is 0.305. The van der Waals surface area contributed by atoms with Crippen LogP contribution in [0.15, 0.2) is 89.5 Å². The second-order valence-corrected chi connectivity index (χ2v) is 9.79. The molecule has 3 aromatic carbocycles. The van der Waals surface area contributed by atoms with Crippen LogP contribution in [-0.2, 0) is 24.3 Å². The van der Waals surface area contributed by atoms with E-state index >= 15 is 0 Å². The first-order chi connectivity index (χ1) is 16.3. The molecule has 0 aliphatic carbocycles. The molecule has 7 nitrogen and oxygen atoms in total. The number of likely N-dealkylation sites (N-methyl/N-ethyl adjacent to an activating group) is 1. The monoisotopic (exact) mass is 496 g/mol. The molecule has 0 saturated heterocycles. The average Bonchev–Trinajstić information content (AvgIpc) is 2.85. The number of carbonyl (C=O) groups excluding carboxylic acids is 2. The number of nitrogens with zero attached hydrogens (tertiary/aromatic N) is 2. The molecule has 1 aliphatic rings. The summed E-state index contributed by atoms with van der Waals surface area (Å²) in [4.78, 5) is 27.5. The maximum Gasteiger partial charge on any atom is 0.356 e. The molecule has 1 heterocycles. The van der Waals surface area contributed by atoms with Crippen LogP contribution in [0.5, 0.6) is 0 Å². The Morgan fingerprint density at radius 3 is 2.21 bits per heavy atom. The highest BCUT2D eigenvalue weighted by atomic mass is 35.5. The van der Waals surface area contributed by atoms with Gasteiger partial charge >= 0.3 is 5.97 Å². The first kappa shape index (κ1) is 23.5. The molecule has 4 rings (SSSR count). The highest BCUT2D eigenvalue weighted by Gasteiger charge is 2.42. The minimum atomic E-state index is -4.29. The zero-order valence-electron chi connectivity index (χ0n) is 18.4. The van der Waals surface area contributed by atoms with Crippen LogP contribution in [0.3, 0.4) is 0 Å². The number of rotatable bonds is 5. The smallest absolute Gasteiger partial charge is 0.356 e. The fraction of sp³-hybridized carbons (Fsp3) is 0.120. The summed E-state index contributed by atoms with van der Waals surface area (Å²) < 4.78 is 33.2. The number of anilines is 1. The van der Waals surface area contributed by atoms with Gasteiger partial charge in [0.15, 0.2) is 0 Å². The van der Waals surface area contributed by atoms with Gasteiger partial charge < -0.3 is 9.64 Å². The zero-order chi connectivity index (χ0) is 24.5. The van der Waals surface area contributed by atoms with E-state index in [0.717, 1.165) is 11.4 Å². The van der Waals surface area contributed by atoms with Crippen molar-refractivity contribution in [2.45, 2.75) is 4.90 Å². The van der Waals surface area contributed by atoms with Gasteiger partial charge in [0.2, 0.25) is 5.91 Å². The van der Waals surface area contributed by atoms with Gasteiger partial charge in [-0.15, -0.1) is 0 Å². The van der Waals surface area contributed by atoms with Gasteiger partial charge in [0.25, 0.3) is 10.0 Å². The van der Waals surface area contributed by atoms with E-state index in [-0.39, 0.29) is 16.2 Å². The number of carbonyl (C=O) groups is 2. The van der Waals surface area contributed by atoms with Gasteiger partial charge in [-0.1, -0.05) is 60.1 Å². The fourth-order valence-electron chi connectivity index (χ4n) is 3.80. The summed E-state index contributed by atoms with van der Waals surface area (Å²) in [5.74, 6) is -1.41. The van der Waals surface area contributed by atoms with Gasteiger partial charge in [-0.25, -0.2) is 17.5 Å². The van der Waals surface area contributed by atoms with Crippen molar-refractivity contribution in [3.8, 4) is 0 Å². The lowest BCUT2D eigenvalue weighted by molar-refractivity contribution is -0.137. The maximum absolute atomic E-state index is 13.7. The maximum atomic E-state index is 13.7.